The number of rotatable bonds is 4. The van der Waals surface area contributed by atoms with Crippen LogP contribution in [0.5, 0.6) is 0 Å². The summed E-state index contributed by atoms with van der Waals surface area (Å²) in [5.74, 6) is 1.15. The average Bonchev–Trinajstić information content (AvgIpc) is 2.80. The molecule has 0 radical (unpaired) electrons. The molecule has 0 spiro atoms. The summed E-state index contributed by atoms with van der Waals surface area (Å²) in [5, 5.41) is 0. The monoisotopic (exact) mass is 245 g/mol. The second-order valence-corrected chi connectivity index (χ2v) is 5.13. The Morgan fingerprint density at radius 1 is 1.33 bits per heavy atom. The van der Waals surface area contributed by atoms with Crippen molar-refractivity contribution in [1.82, 2.24) is 4.90 Å². The van der Waals surface area contributed by atoms with E-state index in [9.17, 15) is 0 Å². The number of nitrogens with zero attached hydrogens (tertiary/aromatic N) is 2. The second-order valence-electron chi connectivity index (χ2n) is 5.13. The lowest BCUT2D eigenvalue weighted by Gasteiger charge is -2.35. The topological polar surface area (TPSA) is 41.6 Å². The summed E-state index contributed by atoms with van der Waals surface area (Å²) >= 11 is 0. The highest BCUT2D eigenvalue weighted by atomic mass is 15.3. The van der Waals surface area contributed by atoms with Crippen molar-refractivity contribution in [3.8, 4) is 0 Å². The van der Waals surface area contributed by atoms with Gasteiger partial charge in [0.05, 0.1) is 12.6 Å². The van der Waals surface area contributed by atoms with E-state index in [0.717, 1.165) is 13.0 Å². The summed E-state index contributed by atoms with van der Waals surface area (Å²) in [6.45, 7) is 7.49. The van der Waals surface area contributed by atoms with E-state index in [-0.39, 0.29) is 0 Å². The molecule has 98 valence electrons. The number of hydrogen-bond acceptors (Lipinski definition) is 3. The van der Waals surface area contributed by atoms with Gasteiger partial charge in [-0.2, -0.15) is 0 Å². The van der Waals surface area contributed by atoms with E-state index in [1.807, 2.05) is 0 Å². The van der Waals surface area contributed by atoms with Gasteiger partial charge in [-0.05, 0) is 18.9 Å². The number of aliphatic imine (C=N–C) groups is 1. The molecule has 0 saturated heterocycles. The van der Waals surface area contributed by atoms with Gasteiger partial charge in [0.25, 0.3) is 0 Å². The molecule has 0 aromatic heterocycles. The summed E-state index contributed by atoms with van der Waals surface area (Å²) in [5.41, 5.74) is 7.40. The average molecular weight is 245 g/mol. The Bertz CT molecular complexity index is 413. The van der Waals surface area contributed by atoms with Crippen molar-refractivity contribution in [3.63, 3.8) is 0 Å². The lowest BCUT2D eigenvalue weighted by atomic mass is 9.92. The van der Waals surface area contributed by atoms with E-state index in [4.69, 9.17) is 5.73 Å². The van der Waals surface area contributed by atoms with Gasteiger partial charge in [0.2, 0.25) is 0 Å². The summed E-state index contributed by atoms with van der Waals surface area (Å²) in [4.78, 5) is 6.72. The Morgan fingerprint density at radius 3 is 2.61 bits per heavy atom. The van der Waals surface area contributed by atoms with Crippen molar-refractivity contribution in [2.75, 3.05) is 6.54 Å². The first kappa shape index (κ1) is 12.9. The first-order chi connectivity index (χ1) is 8.65. The molecule has 3 nitrogen and oxygen atoms in total. The quantitative estimate of drug-likeness (QED) is 0.886. The van der Waals surface area contributed by atoms with Crippen molar-refractivity contribution in [2.24, 2.45) is 10.7 Å². The molecular formula is C15H23N3. The molecule has 3 unspecified atom stereocenters. The molecule has 0 amide bonds. The van der Waals surface area contributed by atoms with E-state index < -0.39 is 0 Å². The highest BCUT2D eigenvalue weighted by Crippen LogP contribution is 2.28. The highest BCUT2D eigenvalue weighted by Gasteiger charge is 2.33. The number of nitrogens with two attached hydrogens (primary N) is 1. The summed E-state index contributed by atoms with van der Waals surface area (Å²) in [6.07, 6.45) is 1.09. The zero-order valence-electron chi connectivity index (χ0n) is 11.5. The molecule has 1 aliphatic heterocycles. The molecule has 2 N–H and O–H groups in total. The highest BCUT2D eigenvalue weighted by molar-refractivity contribution is 5.80. The van der Waals surface area contributed by atoms with Crippen LogP contribution in [0.4, 0.5) is 0 Å². The minimum absolute atomic E-state index is 0.391. The van der Waals surface area contributed by atoms with Crippen LogP contribution in [0, 0.1) is 0 Å². The van der Waals surface area contributed by atoms with Crippen molar-refractivity contribution in [3.05, 3.63) is 35.9 Å². The third kappa shape index (κ3) is 2.35. The van der Waals surface area contributed by atoms with Gasteiger partial charge in [0, 0.05) is 12.0 Å². The van der Waals surface area contributed by atoms with E-state index in [0.29, 0.717) is 24.0 Å². The number of benzene rings is 1. The lowest BCUT2D eigenvalue weighted by Crippen LogP contribution is -2.48. The molecule has 0 fully saturated rings. The molecule has 2 rings (SSSR count). The van der Waals surface area contributed by atoms with Gasteiger partial charge in [0.15, 0.2) is 5.96 Å². The molecule has 1 aliphatic rings. The van der Waals surface area contributed by atoms with Crippen LogP contribution in [0.3, 0.4) is 0 Å². The maximum Gasteiger partial charge on any atom is 0.191 e. The zero-order valence-corrected chi connectivity index (χ0v) is 11.5. The molecule has 18 heavy (non-hydrogen) atoms. The van der Waals surface area contributed by atoms with E-state index in [1.165, 1.54) is 5.56 Å². The normalized spacial score (nSPS) is 22.7. The standard InChI is InChI=1S/C15H23N3/c1-4-11(2)18-14(10-17-15(18)16)12(3)13-8-6-5-7-9-13/h5-9,11-12,14H,4,10H2,1-3H3,(H2,16,17). The van der Waals surface area contributed by atoms with Crippen molar-refractivity contribution < 1.29 is 0 Å². The van der Waals surface area contributed by atoms with E-state index in [1.54, 1.807) is 0 Å². The molecule has 3 atom stereocenters. The Labute approximate surface area is 110 Å². The molecule has 0 saturated carbocycles. The van der Waals surface area contributed by atoms with Crippen LogP contribution >= 0.6 is 0 Å². The van der Waals surface area contributed by atoms with Crippen LogP contribution in [0.1, 0.15) is 38.7 Å². The first-order valence-corrected chi connectivity index (χ1v) is 6.78. The van der Waals surface area contributed by atoms with Crippen LogP contribution in [0.15, 0.2) is 35.3 Å². The van der Waals surface area contributed by atoms with Gasteiger partial charge < -0.3 is 10.6 Å². The predicted octanol–water partition coefficient (Wildman–Crippen LogP) is 2.59. The second kappa shape index (κ2) is 5.42. The number of hydrogen-bond donors (Lipinski definition) is 1. The van der Waals surface area contributed by atoms with Gasteiger partial charge in [0.1, 0.15) is 0 Å². The molecule has 1 aromatic rings. The molecule has 3 heteroatoms. The van der Waals surface area contributed by atoms with Crippen LogP contribution in [-0.4, -0.2) is 29.5 Å². The van der Waals surface area contributed by atoms with Crippen molar-refractivity contribution in [1.29, 1.82) is 0 Å². The fourth-order valence-electron chi connectivity index (χ4n) is 2.65. The van der Waals surface area contributed by atoms with Crippen LogP contribution in [-0.2, 0) is 0 Å². The molecule has 0 bridgehead atoms. The van der Waals surface area contributed by atoms with E-state index in [2.05, 4.69) is 61.0 Å². The Kier molecular flexibility index (Phi) is 3.90. The summed E-state index contributed by atoms with van der Waals surface area (Å²) < 4.78 is 0. The summed E-state index contributed by atoms with van der Waals surface area (Å²) in [6, 6.07) is 11.5. The van der Waals surface area contributed by atoms with Crippen LogP contribution in [0.2, 0.25) is 0 Å². The largest absolute Gasteiger partial charge is 0.370 e. The van der Waals surface area contributed by atoms with Crippen LogP contribution < -0.4 is 5.73 Å². The fourth-order valence-corrected chi connectivity index (χ4v) is 2.65. The zero-order chi connectivity index (χ0) is 13.1. The maximum absolute atomic E-state index is 6.04. The molecule has 1 heterocycles. The molecular weight excluding hydrogens is 222 g/mol. The minimum Gasteiger partial charge on any atom is -0.370 e. The van der Waals surface area contributed by atoms with Gasteiger partial charge in [-0.1, -0.05) is 44.2 Å². The smallest absolute Gasteiger partial charge is 0.191 e. The Hall–Kier alpha value is -1.51. The van der Waals surface area contributed by atoms with Crippen LogP contribution in [0.25, 0.3) is 0 Å². The molecule has 1 aromatic carbocycles. The summed E-state index contributed by atoms with van der Waals surface area (Å²) in [7, 11) is 0. The van der Waals surface area contributed by atoms with Gasteiger partial charge in [-0.15, -0.1) is 0 Å². The van der Waals surface area contributed by atoms with Gasteiger partial charge in [-0.25, -0.2) is 0 Å². The van der Waals surface area contributed by atoms with E-state index >= 15 is 0 Å². The minimum atomic E-state index is 0.391. The first-order valence-electron chi connectivity index (χ1n) is 6.78. The third-order valence-electron chi connectivity index (χ3n) is 4.03. The SMILES string of the molecule is CCC(C)N1C(N)=NCC1C(C)c1ccccc1. The van der Waals surface area contributed by atoms with Crippen molar-refractivity contribution >= 4 is 5.96 Å². The Morgan fingerprint density at radius 2 is 2.00 bits per heavy atom. The predicted molar refractivity (Wildman–Crippen MR) is 76.7 cm³/mol. The molecule has 0 aliphatic carbocycles. The van der Waals surface area contributed by atoms with Crippen molar-refractivity contribution in [2.45, 2.75) is 45.2 Å². The van der Waals surface area contributed by atoms with Gasteiger partial charge >= 0.3 is 0 Å². The maximum atomic E-state index is 6.04. The Balaban J connectivity index is 2.18. The third-order valence-corrected chi connectivity index (χ3v) is 4.03. The lowest BCUT2D eigenvalue weighted by molar-refractivity contribution is 0.241. The fraction of sp³-hybridized carbons (Fsp3) is 0.533. The van der Waals surface area contributed by atoms with Gasteiger partial charge in [-0.3, -0.25) is 4.99 Å². The number of guanidine groups is 1.